The molecule has 0 aliphatic rings. The molecule has 2 rings (SSSR count). The number of aromatic amines is 1. The number of aromatic nitrogens is 2. The summed E-state index contributed by atoms with van der Waals surface area (Å²) in [4.78, 5) is 6.69. The second-order valence-electron chi connectivity index (χ2n) is 2.84. The Bertz CT molecular complexity index is 474. The van der Waals surface area contributed by atoms with Crippen molar-refractivity contribution in [3.63, 3.8) is 0 Å². The van der Waals surface area contributed by atoms with E-state index < -0.39 is 0 Å². The van der Waals surface area contributed by atoms with E-state index in [0.29, 0.717) is 11.0 Å². The number of aromatic hydroxyl groups is 1. The Balaban J connectivity index is 2.88. The van der Waals surface area contributed by atoms with Crippen LogP contribution in [0.1, 0.15) is 5.56 Å². The maximum atomic E-state index is 9.32. The van der Waals surface area contributed by atoms with Gasteiger partial charge >= 0.3 is 0 Å². The zero-order valence-corrected chi connectivity index (χ0v) is 7.00. The van der Waals surface area contributed by atoms with Crippen molar-refractivity contribution in [1.82, 2.24) is 9.97 Å². The Morgan fingerprint density at radius 3 is 3.08 bits per heavy atom. The lowest BCUT2D eigenvalue weighted by Gasteiger charge is -1.91. The van der Waals surface area contributed by atoms with Gasteiger partial charge in [-0.25, -0.2) is 10.5 Å². The Morgan fingerprint density at radius 2 is 2.38 bits per heavy atom. The number of rotatable bonds is 1. The second-order valence-corrected chi connectivity index (χ2v) is 2.84. The van der Waals surface area contributed by atoms with Gasteiger partial charge in [-0.05, 0) is 18.6 Å². The van der Waals surface area contributed by atoms with Crippen LogP contribution < -0.4 is 0 Å². The molecule has 66 valence electrons. The van der Waals surface area contributed by atoms with Gasteiger partial charge in [0.05, 0.1) is 5.39 Å². The SMILES string of the molecule is Cc1cnc2[nH]c(O)c(N=N)c2c1. The van der Waals surface area contributed by atoms with Crippen LogP contribution in [-0.2, 0) is 0 Å². The first kappa shape index (κ1) is 7.72. The van der Waals surface area contributed by atoms with Gasteiger partial charge < -0.3 is 10.1 Å². The van der Waals surface area contributed by atoms with Gasteiger partial charge in [0.15, 0.2) is 5.69 Å². The third kappa shape index (κ3) is 1.05. The van der Waals surface area contributed by atoms with Crippen LogP contribution in [0.4, 0.5) is 5.69 Å². The standard InChI is InChI=1S/C8H8N4O/c1-4-2-5-6(12-9)8(13)11-7(5)10-3-4/h2-3,9,13H,1H3,(H,10,11). The van der Waals surface area contributed by atoms with Gasteiger partial charge in [0, 0.05) is 6.20 Å². The van der Waals surface area contributed by atoms with Gasteiger partial charge in [0.2, 0.25) is 5.88 Å². The predicted molar refractivity (Wildman–Crippen MR) is 47.3 cm³/mol. The third-order valence-electron chi connectivity index (χ3n) is 1.85. The molecule has 0 radical (unpaired) electrons. The number of hydrogen-bond donors (Lipinski definition) is 3. The molecule has 3 N–H and O–H groups in total. The number of nitrogens with zero attached hydrogens (tertiary/aromatic N) is 2. The van der Waals surface area contributed by atoms with Crippen LogP contribution in [0, 0.1) is 12.5 Å². The lowest BCUT2D eigenvalue weighted by Crippen LogP contribution is -1.77. The molecule has 13 heavy (non-hydrogen) atoms. The van der Waals surface area contributed by atoms with Gasteiger partial charge in [0.1, 0.15) is 5.65 Å². The maximum Gasteiger partial charge on any atom is 0.219 e. The van der Waals surface area contributed by atoms with E-state index in [1.807, 2.05) is 13.0 Å². The molecule has 0 aromatic carbocycles. The molecule has 0 aliphatic heterocycles. The Labute approximate surface area is 73.9 Å². The van der Waals surface area contributed by atoms with Crippen molar-refractivity contribution in [2.45, 2.75) is 6.92 Å². The zero-order valence-electron chi connectivity index (χ0n) is 7.00. The molecule has 2 aromatic rings. The van der Waals surface area contributed by atoms with Gasteiger partial charge in [-0.1, -0.05) is 0 Å². The van der Waals surface area contributed by atoms with E-state index in [9.17, 15) is 5.11 Å². The number of pyridine rings is 1. The predicted octanol–water partition coefficient (Wildman–Crippen LogP) is 2.24. The van der Waals surface area contributed by atoms with E-state index in [-0.39, 0.29) is 11.6 Å². The largest absolute Gasteiger partial charge is 0.493 e. The van der Waals surface area contributed by atoms with E-state index in [1.54, 1.807) is 6.20 Å². The van der Waals surface area contributed by atoms with Crippen LogP contribution in [-0.4, -0.2) is 15.1 Å². The summed E-state index contributed by atoms with van der Waals surface area (Å²) in [6.45, 7) is 1.89. The molecular weight excluding hydrogens is 168 g/mol. The summed E-state index contributed by atoms with van der Waals surface area (Å²) >= 11 is 0. The molecule has 0 aliphatic carbocycles. The van der Waals surface area contributed by atoms with E-state index in [4.69, 9.17) is 5.53 Å². The zero-order chi connectivity index (χ0) is 9.42. The molecule has 5 nitrogen and oxygen atoms in total. The molecule has 0 fully saturated rings. The fourth-order valence-electron chi connectivity index (χ4n) is 1.26. The Kier molecular flexibility index (Phi) is 1.51. The smallest absolute Gasteiger partial charge is 0.219 e. The molecular formula is C8H8N4O. The van der Waals surface area contributed by atoms with E-state index >= 15 is 0 Å². The highest BCUT2D eigenvalue weighted by Gasteiger charge is 2.10. The highest BCUT2D eigenvalue weighted by molar-refractivity contribution is 5.91. The molecule has 0 atom stereocenters. The monoisotopic (exact) mass is 176 g/mol. The third-order valence-corrected chi connectivity index (χ3v) is 1.85. The number of hydrogen-bond acceptors (Lipinski definition) is 4. The molecule has 2 heterocycles. The summed E-state index contributed by atoms with van der Waals surface area (Å²) in [6.07, 6.45) is 1.69. The normalized spacial score (nSPS) is 10.5. The van der Waals surface area contributed by atoms with Gasteiger partial charge in [-0.2, -0.15) is 5.11 Å². The lowest BCUT2D eigenvalue weighted by molar-refractivity contribution is 0.459. The number of H-pyrrole nitrogens is 1. The molecule has 2 aromatic heterocycles. The Hall–Kier alpha value is -1.91. The van der Waals surface area contributed by atoms with Crippen molar-refractivity contribution in [3.8, 4) is 5.88 Å². The van der Waals surface area contributed by atoms with Crippen molar-refractivity contribution >= 4 is 16.7 Å². The summed E-state index contributed by atoms with van der Waals surface area (Å²) < 4.78 is 0. The van der Waals surface area contributed by atoms with Crippen LogP contribution >= 0.6 is 0 Å². The van der Waals surface area contributed by atoms with Crippen molar-refractivity contribution in [2.24, 2.45) is 5.11 Å². The summed E-state index contributed by atoms with van der Waals surface area (Å²) in [7, 11) is 0. The van der Waals surface area contributed by atoms with Crippen LogP contribution in [0.15, 0.2) is 17.4 Å². The number of aryl methyl sites for hydroxylation is 1. The Morgan fingerprint density at radius 1 is 1.62 bits per heavy atom. The summed E-state index contributed by atoms with van der Waals surface area (Å²) in [5.74, 6) is -0.108. The average Bonchev–Trinajstić information content (AvgIpc) is 2.40. The number of nitrogens with one attached hydrogen (secondary N) is 2. The van der Waals surface area contributed by atoms with Crippen molar-refractivity contribution < 1.29 is 5.11 Å². The molecule has 0 saturated heterocycles. The van der Waals surface area contributed by atoms with E-state index in [1.165, 1.54) is 0 Å². The lowest BCUT2D eigenvalue weighted by atomic mass is 10.2. The topological polar surface area (TPSA) is 85.1 Å². The minimum Gasteiger partial charge on any atom is -0.493 e. The van der Waals surface area contributed by atoms with E-state index in [2.05, 4.69) is 15.1 Å². The molecule has 0 amide bonds. The number of fused-ring (bicyclic) bond motifs is 1. The van der Waals surface area contributed by atoms with Crippen molar-refractivity contribution in [3.05, 3.63) is 17.8 Å². The first-order valence-electron chi connectivity index (χ1n) is 3.77. The van der Waals surface area contributed by atoms with Crippen molar-refractivity contribution in [2.75, 3.05) is 0 Å². The average molecular weight is 176 g/mol. The summed E-state index contributed by atoms with van der Waals surface area (Å²) in [5, 5.41) is 13.2. The molecule has 0 bridgehead atoms. The minimum absolute atomic E-state index is 0.108. The van der Waals surface area contributed by atoms with Crippen LogP contribution in [0.3, 0.4) is 0 Å². The molecule has 0 unspecified atom stereocenters. The molecule has 0 spiro atoms. The summed E-state index contributed by atoms with van der Waals surface area (Å²) in [6, 6.07) is 1.83. The molecule has 0 saturated carbocycles. The van der Waals surface area contributed by atoms with E-state index in [0.717, 1.165) is 5.56 Å². The summed E-state index contributed by atoms with van der Waals surface area (Å²) in [5.41, 5.74) is 8.63. The fraction of sp³-hybridized carbons (Fsp3) is 0.125. The second kappa shape index (κ2) is 2.55. The first-order chi connectivity index (χ1) is 6.22. The minimum atomic E-state index is -0.108. The fourth-order valence-corrected chi connectivity index (χ4v) is 1.26. The highest BCUT2D eigenvalue weighted by atomic mass is 16.3. The van der Waals surface area contributed by atoms with Crippen LogP contribution in [0.2, 0.25) is 0 Å². The van der Waals surface area contributed by atoms with Crippen molar-refractivity contribution in [1.29, 1.82) is 5.53 Å². The van der Waals surface area contributed by atoms with Crippen LogP contribution in [0.5, 0.6) is 5.88 Å². The van der Waals surface area contributed by atoms with Crippen LogP contribution in [0.25, 0.3) is 11.0 Å². The molecule has 5 heteroatoms. The van der Waals surface area contributed by atoms with Gasteiger partial charge in [-0.3, -0.25) is 0 Å². The highest BCUT2D eigenvalue weighted by Crippen LogP contribution is 2.34. The first-order valence-corrected chi connectivity index (χ1v) is 3.77. The maximum absolute atomic E-state index is 9.32. The quantitative estimate of drug-likeness (QED) is 0.582. The van der Waals surface area contributed by atoms with Gasteiger partial charge in [0.25, 0.3) is 0 Å². The van der Waals surface area contributed by atoms with Gasteiger partial charge in [-0.15, -0.1) is 0 Å².